The first kappa shape index (κ1) is 12.7. The molecule has 2 aromatic rings. The minimum absolute atomic E-state index is 0.282. The monoisotopic (exact) mass is 241 g/mol. The predicted octanol–water partition coefficient (Wildman–Crippen LogP) is 3.89. The topological polar surface area (TPSA) is 25.2 Å². The summed E-state index contributed by atoms with van der Waals surface area (Å²) in [6, 6.07) is 8.41. The van der Waals surface area contributed by atoms with E-state index in [1.807, 2.05) is 24.5 Å². The van der Waals surface area contributed by atoms with Gasteiger partial charge in [-0.05, 0) is 25.5 Å². The summed E-state index contributed by atoms with van der Waals surface area (Å²) >= 11 is 0. The first-order chi connectivity index (χ1) is 8.86. The molecule has 1 N–H and O–H groups in total. The summed E-state index contributed by atoms with van der Waals surface area (Å²) in [5.41, 5.74) is 2.16. The molecule has 0 aliphatic rings. The minimum Gasteiger partial charge on any atom is -0.464 e. The maximum atomic E-state index is 5.60. The van der Waals surface area contributed by atoms with Crippen LogP contribution in [-0.2, 0) is 0 Å². The highest BCUT2D eigenvalue weighted by atomic mass is 16.3. The Hall–Kier alpha value is -1.72. The molecule has 0 saturated heterocycles. The van der Waals surface area contributed by atoms with Gasteiger partial charge in [-0.3, -0.25) is 0 Å². The van der Waals surface area contributed by atoms with Crippen molar-refractivity contribution in [3.05, 3.63) is 36.1 Å². The van der Waals surface area contributed by atoms with Crippen molar-refractivity contribution in [3.8, 4) is 12.3 Å². The Morgan fingerprint density at radius 3 is 3.00 bits per heavy atom. The lowest BCUT2D eigenvalue weighted by Gasteiger charge is -2.16. The Morgan fingerprint density at radius 2 is 2.22 bits per heavy atom. The maximum Gasteiger partial charge on any atom is 0.134 e. The quantitative estimate of drug-likeness (QED) is 0.776. The second-order valence-electron chi connectivity index (χ2n) is 4.44. The SMILES string of the molecule is C#CCCC(NCCC)c1coc2ccccc12. The van der Waals surface area contributed by atoms with E-state index in [0.717, 1.165) is 31.4 Å². The van der Waals surface area contributed by atoms with Gasteiger partial charge in [0.05, 0.1) is 6.26 Å². The van der Waals surface area contributed by atoms with Crippen molar-refractivity contribution in [2.75, 3.05) is 6.54 Å². The number of rotatable bonds is 6. The van der Waals surface area contributed by atoms with Gasteiger partial charge in [0.2, 0.25) is 0 Å². The molecule has 18 heavy (non-hydrogen) atoms. The van der Waals surface area contributed by atoms with Crippen LogP contribution in [0.25, 0.3) is 11.0 Å². The molecule has 2 heteroatoms. The van der Waals surface area contributed by atoms with Crippen LogP contribution in [0, 0.1) is 12.3 Å². The number of para-hydroxylation sites is 1. The van der Waals surface area contributed by atoms with E-state index in [1.54, 1.807) is 0 Å². The van der Waals surface area contributed by atoms with E-state index in [2.05, 4.69) is 24.2 Å². The van der Waals surface area contributed by atoms with E-state index in [4.69, 9.17) is 10.8 Å². The highest BCUT2D eigenvalue weighted by Gasteiger charge is 2.15. The van der Waals surface area contributed by atoms with Crippen LogP contribution in [0.5, 0.6) is 0 Å². The molecule has 0 amide bonds. The molecular formula is C16H19NO. The molecule has 94 valence electrons. The molecule has 0 fully saturated rings. The zero-order valence-corrected chi connectivity index (χ0v) is 10.8. The Labute approximate surface area is 108 Å². The fraction of sp³-hybridized carbons (Fsp3) is 0.375. The third-order valence-corrected chi connectivity index (χ3v) is 3.10. The third-order valence-electron chi connectivity index (χ3n) is 3.10. The lowest BCUT2D eigenvalue weighted by molar-refractivity contribution is 0.498. The van der Waals surface area contributed by atoms with Crippen LogP contribution in [0.1, 0.15) is 37.8 Å². The lowest BCUT2D eigenvalue weighted by Crippen LogP contribution is -2.21. The van der Waals surface area contributed by atoms with Crippen molar-refractivity contribution < 1.29 is 4.42 Å². The van der Waals surface area contributed by atoms with Gasteiger partial charge in [0.25, 0.3) is 0 Å². The van der Waals surface area contributed by atoms with Crippen LogP contribution in [0.3, 0.4) is 0 Å². The number of hydrogen-bond donors (Lipinski definition) is 1. The van der Waals surface area contributed by atoms with E-state index >= 15 is 0 Å². The van der Waals surface area contributed by atoms with Crippen molar-refractivity contribution in [2.24, 2.45) is 0 Å². The normalized spacial score (nSPS) is 12.4. The summed E-state index contributed by atoms with van der Waals surface area (Å²) in [6.07, 6.45) is 10.1. The van der Waals surface area contributed by atoms with Crippen LogP contribution in [0.2, 0.25) is 0 Å². The molecule has 1 aromatic carbocycles. The van der Waals surface area contributed by atoms with E-state index in [9.17, 15) is 0 Å². The number of fused-ring (bicyclic) bond motifs is 1. The van der Waals surface area contributed by atoms with Crippen molar-refractivity contribution in [1.82, 2.24) is 5.32 Å². The molecular weight excluding hydrogens is 222 g/mol. The number of furan rings is 1. The Bertz CT molecular complexity index is 535. The van der Waals surface area contributed by atoms with Crippen molar-refractivity contribution in [3.63, 3.8) is 0 Å². The largest absolute Gasteiger partial charge is 0.464 e. The maximum absolute atomic E-state index is 5.60. The summed E-state index contributed by atoms with van der Waals surface area (Å²) in [6.45, 7) is 3.16. The summed E-state index contributed by atoms with van der Waals surface area (Å²) in [7, 11) is 0. The van der Waals surface area contributed by atoms with Gasteiger partial charge in [0, 0.05) is 23.4 Å². The molecule has 2 nitrogen and oxygen atoms in total. The van der Waals surface area contributed by atoms with Crippen LogP contribution in [-0.4, -0.2) is 6.54 Å². The Kier molecular flexibility index (Phi) is 4.44. The van der Waals surface area contributed by atoms with Crippen LogP contribution >= 0.6 is 0 Å². The Balaban J connectivity index is 2.26. The van der Waals surface area contributed by atoms with Gasteiger partial charge < -0.3 is 9.73 Å². The summed E-state index contributed by atoms with van der Waals surface area (Å²) < 4.78 is 5.60. The molecule has 1 heterocycles. The molecule has 0 radical (unpaired) electrons. The fourth-order valence-corrected chi connectivity index (χ4v) is 2.18. The van der Waals surface area contributed by atoms with E-state index in [-0.39, 0.29) is 6.04 Å². The molecule has 0 aliphatic carbocycles. The Morgan fingerprint density at radius 1 is 1.39 bits per heavy atom. The van der Waals surface area contributed by atoms with Crippen molar-refractivity contribution >= 4 is 11.0 Å². The standard InChI is InChI=1S/C16H19NO/c1-3-5-9-15(17-11-4-2)14-12-18-16-10-7-6-8-13(14)16/h1,6-8,10,12,15,17H,4-5,9,11H2,2H3. The highest BCUT2D eigenvalue weighted by Crippen LogP contribution is 2.28. The van der Waals surface area contributed by atoms with Crippen LogP contribution < -0.4 is 5.32 Å². The molecule has 0 aliphatic heterocycles. The second kappa shape index (κ2) is 6.28. The van der Waals surface area contributed by atoms with Crippen LogP contribution in [0.4, 0.5) is 0 Å². The molecule has 0 spiro atoms. The highest BCUT2D eigenvalue weighted by molar-refractivity contribution is 5.81. The lowest BCUT2D eigenvalue weighted by atomic mass is 10.0. The fourth-order valence-electron chi connectivity index (χ4n) is 2.18. The van der Waals surface area contributed by atoms with Crippen molar-refractivity contribution in [2.45, 2.75) is 32.2 Å². The zero-order valence-electron chi connectivity index (χ0n) is 10.8. The first-order valence-corrected chi connectivity index (χ1v) is 6.49. The molecule has 1 aromatic heterocycles. The van der Waals surface area contributed by atoms with Gasteiger partial charge in [-0.25, -0.2) is 0 Å². The number of nitrogens with one attached hydrogen (secondary N) is 1. The summed E-state index contributed by atoms with van der Waals surface area (Å²) in [5, 5.41) is 4.73. The van der Waals surface area contributed by atoms with Gasteiger partial charge >= 0.3 is 0 Å². The van der Waals surface area contributed by atoms with E-state index < -0.39 is 0 Å². The molecule has 0 saturated carbocycles. The molecule has 0 bridgehead atoms. The van der Waals surface area contributed by atoms with E-state index in [1.165, 1.54) is 10.9 Å². The molecule has 2 rings (SSSR count). The van der Waals surface area contributed by atoms with Crippen LogP contribution in [0.15, 0.2) is 34.9 Å². The average Bonchev–Trinajstić information content (AvgIpc) is 2.83. The average molecular weight is 241 g/mol. The van der Waals surface area contributed by atoms with Gasteiger partial charge in [-0.2, -0.15) is 0 Å². The van der Waals surface area contributed by atoms with Gasteiger partial charge in [-0.15, -0.1) is 12.3 Å². The smallest absolute Gasteiger partial charge is 0.134 e. The molecule has 1 atom stereocenters. The van der Waals surface area contributed by atoms with E-state index in [0.29, 0.717) is 0 Å². The number of terminal acetylenes is 1. The van der Waals surface area contributed by atoms with Crippen molar-refractivity contribution in [1.29, 1.82) is 0 Å². The third kappa shape index (κ3) is 2.75. The molecule has 1 unspecified atom stereocenters. The van der Waals surface area contributed by atoms with Gasteiger partial charge in [0.1, 0.15) is 5.58 Å². The predicted molar refractivity (Wildman–Crippen MR) is 75.3 cm³/mol. The number of benzene rings is 1. The zero-order chi connectivity index (χ0) is 12.8. The summed E-state index contributed by atoms with van der Waals surface area (Å²) in [4.78, 5) is 0. The minimum atomic E-state index is 0.282. The second-order valence-corrected chi connectivity index (χ2v) is 4.44. The summed E-state index contributed by atoms with van der Waals surface area (Å²) in [5.74, 6) is 2.71. The number of hydrogen-bond acceptors (Lipinski definition) is 2. The van der Waals surface area contributed by atoms with Gasteiger partial charge in [-0.1, -0.05) is 25.1 Å². The first-order valence-electron chi connectivity index (χ1n) is 6.49. The van der Waals surface area contributed by atoms with Gasteiger partial charge in [0.15, 0.2) is 0 Å².